The van der Waals surface area contributed by atoms with Gasteiger partial charge in [-0.25, -0.2) is 4.98 Å². The molecule has 0 bridgehead atoms. The Hall–Kier alpha value is -1.28. The normalized spacial score (nSPS) is 10.7. The number of aryl methyl sites for hydroxylation is 2. The predicted molar refractivity (Wildman–Crippen MR) is 62.8 cm³/mol. The zero-order valence-electron chi connectivity index (χ0n) is 9.08. The van der Waals surface area contributed by atoms with Crippen LogP contribution in [0.2, 0.25) is 5.02 Å². The topological polar surface area (TPSA) is 17.8 Å². The molecule has 0 N–H and O–H groups in total. The summed E-state index contributed by atoms with van der Waals surface area (Å²) in [7, 11) is 0. The van der Waals surface area contributed by atoms with Gasteiger partial charge in [0.25, 0.3) is 0 Å². The molecule has 0 spiro atoms. The molecule has 0 saturated carbocycles. The zero-order valence-corrected chi connectivity index (χ0v) is 9.84. The van der Waals surface area contributed by atoms with Crippen LogP contribution in [0, 0.1) is 20.8 Å². The van der Waals surface area contributed by atoms with E-state index in [9.17, 15) is 0 Å². The van der Waals surface area contributed by atoms with Gasteiger partial charge in [0.05, 0.1) is 5.69 Å². The van der Waals surface area contributed by atoms with E-state index in [4.69, 9.17) is 11.6 Å². The molecule has 0 aliphatic heterocycles. The Labute approximate surface area is 94.5 Å². The fraction of sp³-hybridized carbons (Fsp3) is 0.250. The van der Waals surface area contributed by atoms with Gasteiger partial charge in [0.2, 0.25) is 0 Å². The maximum atomic E-state index is 5.86. The van der Waals surface area contributed by atoms with E-state index in [0.29, 0.717) is 0 Å². The standard InChI is InChI=1S/C12H13ClN2/c1-8-9(2)15(10(3)14-8)12-6-4-11(13)5-7-12/h4-7H,1-3H3. The Kier molecular flexibility index (Phi) is 2.53. The number of nitrogens with zero attached hydrogens (tertiary/aromatic N) is 2. The number of hydrogen-bond donors (Lipinski definition) is 0. The van der Waals surface area contributed by atoms with Gasteiger partial charge in [-0.3, -0.25) is 0 Å². The van der Waals surface area contributed by atoms with E-state index in [2.05, 4.69) is 16.5 Å². The number of hydrogen-bond acceptors (Lipinski definition) is 1. The largest absolute Gasteiger partial charge is 0.301 e. The third kappa shape index (κ3) is 1.77. The van der Waals surface area contributed by atoms with Crippen molar-refractivity contribution in [1.29, 1.82) is 0 Å². The molecule has 78 valence electrons. The van der Waals surface area contributed by atoms with Crippen molar-refractivity contribution in [3.05, 3.63) is 46.5 Å². The van der Waals surface area contributed by atoms with Gasteiger partial charge in [0.15, 0.2) is 0 Å². The van der Waals surface area contributed by atoms with Crippen LogP contribution in [0.15, 0.2) is 24.3 Å². The average Bonchev–Trinajstić information content (AvgIpc) is 2.44. The monoisotopic (exact) mass is 220 g/mol. The van der Waals surface area contributed by atoms with Crippen LogP contribution in [-0.4, -0.2) is 9.55 Å². The highest BCUT2D eigenvalue weighted by Crippen LogP contribution is 2.19. The lowest BCUT2D eigenvalue weighted by molar-refractivity contribution is 0.941. The molecule has 0 atom stereocenters. The zero-order chi connectivity index (χ0) is 11.0. The molecule has 2 nitrogen and oxygen atoms in total. The molecule has 15 heavy (non-hydrogen) atoms. The van der Waals surface area contributed by atoms with Crippen molar-refractivity contribution < 1.29 is 0 Å². The second-order valence-electron chi connectivity index (χ2n) is 3.64. The summed E-state index contributed by atoms with van der Waals surface area (Å²) >= 11 is 5.86. The van der Waals surface area contributed by atoms with E-state index in [1.165, 1.54) is 5.69 Å². The third-order valence-electron chi connectivity index (χ3n) is 2.60. The van der Waals surface area contributed by atoms with Gasteiger partial charge in [-0.2, -0.15) is 0 Å². The Morgan fingerprint density at radius 1 is 1.07 bits per heavy atom. The molecule has 1 aromatic carbocycles. The second kappa shape index (κ2) is 3.70. The minimum absolute atomic E-state index is 0.755. The second-order valence-corrected chi connectivity index (χ2v) is 4.08. The first-order valence-electron chi connectivity index (χ1n) is 4.88. The van der Waals surface area contributed by atoms with Crippen LogP contribution in [0.25, 0.3) is 5.69 Å². The van der Waals surface area contributed by atoms with Crippen LogP contribution < -0.4 is 0 Å². The molecular weight excluding hydrogens is 208 g/mol. The summed E-state index contributed by atoms with van der Waals surface area (Å²) in [5, 5.41) is 0.755. The van der Waals surface area contributed by atoms with Crippen molar-refractivity contribution in [1.82, 2.24) is 9.55 Å². The van der Waals surface area contributed by atoms with Crippen LogP contribution in [0.5, 0.6) is 0 Å². The van der Waals surface area contributed by atoms with Crippen LogP contribution in [0.1, 0.15) is 17.2 Å². The van der Waals surface area contributed by atoms with Gasteiger partial charge in [0.1, 0.15) is 5.82 Å². The lowest BCUT2D eigenvalue weighted by Crippen LogP contribution is -1.98. The quantitative estimate of drug-likeness (QED) is 0.720. The summed E-state index contributed by atoms with van der Waals surface area (Å²) in [6.07, 6.45) is 0. The molecule has 1 aromatic heterocycles. The van der Waals surface area contributed by atoms with Crippen LogP contribution in [0.3, 0.4) is 0 Å². The van der Waals surface area contributed by atoms with Gasteiger partial charge in [0, 0.05) is 16.4 Å². The molecule has 0 fully saturated rings. The highest BCUT2D eigenvalue weighted by molar-refractivity contribution is 6.30. The maximum Gasteiger partial charge on any atom is 0.110 e. The molecule has 1 heterocycles. The number of rotatable bonds is 1. The van der Waals surface area contributed by atoms with Crippen molar-refractivity contribution in [2.24, 2.45) is 0 Å². The van der Waals surface area contributed by atoms with Crippen molar-refractivity contribution in [2.45, 2.75) is 20.8 Å². The lowest BCUT2D eigenvalue weighted by atomic mass is 10.3. The van der Waals surface area contributed by atoms with E-state index in [0.717, 1.165) is 22.2 Å². The van der Waals surface area contributed by atoms with E-state index in [1.807, 2.05) is 38.1 Å². The van der Waals surface area contributed by atoms with E-state index in [-0.39, 0.29) is 0 Å². The molecule has 0 amide bonds. The van der Waals surface area contributed by atoms with Crippen molar-refractivity contribution in [3.63, 3.8) is 0 Å². The first kappa shape index (κ1) is 10.2. The summed E-state index contributed by atoms with van der Waals surface area (Å²) < 4.78 is 2.13. The van der Waals surface area contributed by atoms with Gasteiger partial charge in [-0.05, 0) is 45.0 Å². The summed E-state index contributed by atoms with van der Waals surface area (Å²) in [6.45, 7) is 6.10. The SMILES string of the molecule is Cc1nc(C)n(-c2ccc(Cl)cc2)c1C. The van der Waals surface area contributed by atoms with E-state index >= 15 is 0 Å². The summed E-state index contributed by atoms with van der Waals surface area (Å²) in [5.74, 6) is 1.01. The maximum absolute atomic E-state index is 5.86. The Balaban J connectivity index is 2.58. The highest BCUT2D eigenvalue weighted by atomic mass is 35.5. The number of benzene rings is 1. The summed E-state index contributed by atoms with van der Waals surface area (Å²) in [4.78, 5) is 4.44. The molecule has 0 radical (unpaired) electrons. The number of aromatic nitrogens is 2. The predicted octanol–water partition coefficient (Wildman–Crippen LogP) is 3.45. The third-order valence-corrected chi connectivity index (χ3v) is 2.85. The Morgan fingerprint density at radius 2 is 1.67 bits per heavy atom. The highest BCUT2D eigenvalue weighted by Gasteiger charge is 2.08. The van der Waals surface area contributed by atoms with Crippen LogP contribution >= 0.6 is 11.6 Å². The summed E-state index contributed by atoms with van der Waals surface area (Å²) in [6, 6.07) is 7.79. The van der Waals surface area contributed by atoms with Gasteiger partial charge >= 0.3 is 0 Å². The van der Waals surface area contributed by atoms with Crippen molar-refractivity contribution >= 4 is 11.6 Å². The molecule has 0 aliphatic rings. The van der Waals surface area contributed by atoms with E-state index < -0.39 is 0 Å². The average molecular weight is 221 g/mol. The van der Waals surface area contributed by atoms with Gasteiger partial charge < -0.3 is 4.57 Å². The van der Waals surface area contributed by atoms with Crippen molar-refractivity contribution in [2.75, 3.05) is 0 Å². The molecule has 3 heteroatoms. The summed E-state index contributed by atoms with van der Waals surface area (Å²) in [5.41, 5.74) is 3.35. The fourth-order valence-corrected chi connectivity index (χ4v) is 1.87. The number of halogens is 1. The van der Waals surface area contributed by atoms with E-state index in [1.54, 1.807) is 0 Å². The van der Waals surface area contributed by atoms with Gasteiger partial charge in [-0.1, -0.05) is 11.6 Å². The molecule has 0 unspecified atom stereocenters. The van der Waals surface area contributed by atoms with Crippen molar-refractivity contribution in [3.8, 4) is 5.69 Å². The molecule has 0 aliphatic carbocycles. The van der Waals surface area contributed by atoms with Crippen LogP contribution in [0.4, 0.5) is 0 Å². The molecule has 2 rings (SSSR count). The van der Waals surface area contributed by atoms with Crippen LogP contribution in [-0.2, 0) is 0 Å². The Morgan fingerprint density at radius 3 is 2.13 bits per heavy atom. The number of imidazole rings is 1. The molecule has 2 aromatic rings. The Bertz CT molecular complexity index is 483. The smallest absolute Gasteiger partial charge is 0.110 e. The molecular formula is C12H13ClN2. The lowest BCUT2D eigenvalue weighted by Gasteiger charge is -2.07. The minimum Gasteiger partial charge on any atom is -0.301 e. The first-order valence-corrected chi connectivity index (χ1v) is 5.26. The fourth-order valence-electron chi connectivity index (χ4n) is 1.75. The first-order chi connectivity index (χ1) is 7.09. The van der Waals surface area contributed by atoms with Gasteiger partial charge in [-0.15, -0.1) is 0 Å². The minimum atomic E-state index is 0.755. The molecule has 0 saturated heterocycles.